The van der Waals surface area contributed by atoms with Crippen LogP contribution in [0.3, 0.4) is 0 Å². The first-order valence-electron chi connectivity index (χ1n) is 7.39. The third kappa shape index (κ3) is 6.12. The molecule has 0 heterocycles. The first-order chi connectivity index (χ1) is 9.54. The van der Waals surface area contributed by atoms with Crippen molar-refractivity contribution in [3.05, 3.63) is 28.8 Å². The van der Waals surface area contributed by atoms with Gasteiger partial charge in [0.15, 0.2) is 0 Å². The van der Waals surface area contributed by atoms with E-state index in [0.29, 0.717) is 0 Å². The second kappa shape index (κ2) is 9.22. The molecule has 0 unspecified atom stereocenters. The number of rotatable bonds is 9. The topological polar surface area (TPSA) is 18.5 Å². The summed E-state index contributed by atoms with van der Waals surface area (Å²) >= 11 is 6.40. The molecule has 0 bridgehead atoms. The lowest BCUT2D eigenvalue weighted by Crippen LogP contribution is -2.23. The third-order valence-corrected chi connectivity index (χ3v) is 3.58. The van der Waals surface area contributed by atoms with Crippen LogP contribution >= 0.6 is 11.6 Å². The molecular formula is C16H28ClN3. The van der Waals surface area contributed by atoms with Crippen LogP contribution in [0.15, 0.2) is 18.2 Å². The quantitative estimate of drug-likeness (QED) is 0.706. The second-order valence-corrected chi connectivity index (χ2v) is 5.95. The highest BCUT2D eigenvalue weighted by Gasteiger charge is 2.07. The highest BCUT2D eigenvalue weighted by molar-refractivity contribution is 6.33. The van der Waals surface area contributed by atoms with E-state index in [4.69, 9.17) is 11.6 Å². The number of hydrogen-bond donors (Lipinski definition) is 1. The zero-order chi connectivity index (χ0) is 15.0. The Balaban J connectivity index is 2.53. The average molecular weight is 298 g/mol. The van der Waals surface area contributed by atoms with E-state index in [-0.39, 0.29) is 0 Å². The molecule has 0 aliphatic heterocycles. The highest BCUT2D eigenvalue weighted by Crippen LogP contribution is 2.26. The molecule has 1 aromatic rings. The standard InChI is InChI=1S/C16H28ClN3/c1-5-9-18-13-14-7-8-16(15(17)12-14)20(4)11-6-10-19(2)3/h7-8,12,18H,5-6,9-11,13H2,1-4H3. The Kier molecular flexibility index (Phi) is 7.97. The Morgan fingerprint density at radius 3 is 2.50 bits per heavy atom. The number of anilines is 1. The molecule has 1 aromatic carbocycles. The summed E-state index contributed by atoms with van der Waals surface area (Å²) < 4.78 is 0. The normalized spacial score (nSPS) is 11.1. The van der Waals surface area contributed by atoms with E-state index in [0.717, 1.165) is 49.7 Å². The highest BCUT2D eigenvalue weighted by atomic mass is 35.5. The van der Waals surface area contributed by atoms with Crippen molar-refractivity contribution in [1.29, 1.82) is 0 Å². The number of hydrogen-bond acceptors (Lipinski definition) is 3. The zero-order valence-corrected chi connectivity index (χ0v) is 14.0. The van der Waals surface area contributed by atoms with Crippen molar-refractivity contribution in [2.75, 3.05) is 45.7 Å². The van der Waals surface area contributed by atoms with Gasteiger partial charge in [-0.2, -0.15) is 0 Å². The van der Waals surface area contributed by atoms with Gasteiger partial charge in [0, 0.05) is 20.1 Å². The zero-order valence-electron chi connectivity index (χ0n) is 13.2. The number of nitrogens with zero attached hydrogens (tertiary/aromatic N) is 2. The van der Waals surface area contributed by atoms with Crippen LogP contribution in [0.4, 0.5) is 5.69 Å². The Labute approximate surface area is 128 Å². The van der Waals surface area contributed by atoms with Crippen LogP contribution in [0.25, 0.3) is 0 Å². The molecule has 20 heavy (non-hydrogen) atoms. The Bertz CT molecular complexity index is 393. The molecule has 114 valence electrons. The molecule has 4 heteroatoms. The molecule has 0 amide bonds. The van der Waals surface area contributed by atoms with Gasteiger partial charge in [0.05, 0.1) is 10.7 Å². The maximum absolute atomic E-state index is 6.40. The number of nitrogens with one attached hydrogen (secondary N) is 1. The summed E-state index contributed by atoms with van der Waals surface area (Å²) in [6.45, 7) is 6.22. The molecule has 0 atom stereocenters. The van der Waals surface area contributed by atoms with Gasteiger partial charge in [-0.3, -0.25) is 0 Å². The molecule has 0 aliphatic carbocycles. The van der Waals surface area contributed by atoms with Crippen molar-refractivity contribution < 1.29 is 0 Å². The van der Waals surface area contributed by atoms with Gasteiger partial charge in [-0.15, -0.1) is 0 Å². The van der Waals surface area contributed by atoms with Crippen molar-refractivity contribution >= 4 is 17.3 Å². The minimum absolute atomic E-state index is 0.841. The van der Waals surface area contributed by atoms with Gasteiger partial charge < -0.3 is 15.1 Å². The molecule has 1 rings (SSSR count). The maximum atomic E-state index is 6.40. The van der Waals surface area contributed by atoms with Crippen LogP contribution in [0, 0.1) is 0 Å². The van der Waals surface area contributed by atoms with Gasteiger partial charge in [0.25, 0.3) is 0 Å². The minimum atomic E-state index is 0.841. The van der Waals surface area contributed by atoms with E-state index in [2.05, 4.69) is 61.4 Å². The van der Waals surface area contributed by atoms with Crippen molar-refractivity contribution in [2.24, 2.45) is 0 Å². The van der Waals surface area contributed by atoms with E-state index in [1.54, 1.807) is 0 Å². The van der Waals surface area contributed by atoms with E-state index >= 15 is 0 Å². The lowest BCUT2D eigenvalue weighted by Gasteiger charge is -2.22. The van der Waals surface area contributed by atoms with E-state index in [1.807, 2.05) is 0 Å². The molecule has 0 aromatic heterocycles. The first-order valence-corrected chi connectivity index (χ1v) is 7.77. The lowest BCUT2D eigenvalue weighted by atomic mass is 10.2. The Morgan fingerprint density at radius 1 is 1.15 bits per heavy atom. The summed E-state index contributed by atoms with van der Waals surface area (Å²) in [6.07, 6.45) is 2.29. The van der Waals surface area contributed by atoms with Crippen LogP contribution in [0.1, 0.15) is 25.3 Å². The van der Waals surface area contributed by atoms with E-state index in [1.165, 1.54) is 5.56 Å². The molecule has 3 nitrogen and oxygen atoms in total. The lowest BCUT2D eigenvalue weighted by molar-refractivity contribution is 0.401. The summed E-state index contributed by atoms with van der Waals surface area (Å²) in [7, 11) is 6.31. The fourth-order valence-corrected chi connectivity index (χ4v) is 2.47. The van der Waals surface area contributed by atoms with E-state index in [9.17, 15) is 0 Å². The fraction of sp³-hybridized carbons (Fsp3) is 0.625. The molecular weight excluding hydrogens is 270 g/mol. The fourth-order valence-electron chi connectivity index (χ4n) is 2.12. The van der Waals surface area contributed by atoms with Gasteiger partial charge in [-0.1, -0.05) is 24.6 Å². The Hall–Kier alpha value is -0.770. The van der Waals surface area contributed by atoms with Gasteiger partial charge in [-0.05, 0) is 57.7 Å². The molecule has 1 N–H and O–H groups in total. The van der Waals surface area contributed by atoms with Crippen LogP contribution in [-0.2, 0) is 6.54 Å². The minimum Gasteiger partial charge on any atom is -0.373 e. The number of halogens is 1. The SMILES string of the molecule is CCCNCc1ccc(N(C)CCCN(C)C)c(Cl)c1. The second-order valence-electron chi connectivity index (χ2n) is 5.54. The van der Waals surface area contributed by atoms with Crippen molar-refractivity contribution in [3.63, 3.8) is 0 Å². The summed E-state index contributed by atoms with van der Waals surface area (Å²) in [5.41, 5.74) is 2.36. The predicted molar refractivity (Wildman–Crippen MR) is 89.9 cm³/mol. The van der Waals surface area contributed by atoms with Gasteiger partial charge in [-0.25, -0.2) is 0 Å². The smallest absolute Gasteiger partial charge is 0.0642 e. The molecule has 0 fully saturated rings. The van der Waals surface area contributed by atoms with Crippen molar-refractivity contribution in [1.82, 2.24) is 10.2 Å². The summed E-state index contributed by atoms with van der Waals surface area (Å²) in [6, 6.07) is 6.36. The summed E-state index contributed by atoms with van der Waals surface area (Å²) in [5.74, 6) is 0. The molecule has 0 spiro atoms. The van der Waals surface area contributed by atoms with Crippen molar-refractivity contribution in [2.45, 2.75) is 26.3 Å². The summed E-state index contributed by atoms with van der Waals surface area (Å²) in [4.78, 5) is 4.44. The largest absolute Gasteiger partial charge is 0.373 e. The van der Waals surface area contributed by atoms with Crippen LogP contribution in [0.5, 0.6) is 0 Å². The Morgan fingerprint density at radius 2 is 1.90 bits per heavy atom. The average Bonchev–Trinajstić information content (AvgIpc) is 2.38. The van der Waals surface area contributed by atoms with E-state index < -0.39 is 0 Å². The number of benzene rings is 1. The molecule has 0 radical (unpaired) electrons. The molecule has 0 saturated heterocycles. The molecule has 0 aliphatic rings. The first kappa shape index (κ1) is 17.3. The predicted octanol–water partition coefficient (Wildman–Crippen LogP) is 3.23. The van der Waals surface area contributed by atoms with Crippen LogP contribution in [-0.4, -0.2) is 45.7 Å². The van der Waals surface area contributed by atoms with Gasteiger partial charge in [0.2, 0.25) is 0 Å². The monoisotopic (exact) mass is 297 g/mol. The van der Waals surface area contributed by atoms with Crippen molar-refractivity contribution in [3.8, 4) is 0 Å². The van der Waals surface area contributed by atoms with Crippen LogP contribution in [0.2, 0.25) is 5.02 Å². The maximum Gasteiger partial charge on any atom is 0.0642 e. The van der Waals surface area contributed by atoms with Gasteiger partial charge in [0.1, 0.15) is 0 Å². The van der Waals surface area contributed by atoms with Gasteiger partial charge >= 0.3 is 0 Å². The summed E-state index contributed by atoms with van der Waals surface area (Å²) in [5, 5.41) is 4.24. The van der Waals surface area contributed by atoms with Crippen LogP contribution < -0.4 is 10.2 Å². The third-order valence-electron chi connectivity index (χ3n) is 3.28. The molecule has 0 saturated carbocycles.